The largest absolute Gasteiger partial charge is 0.277 e. The molecule has 0 bridgehead atoms. The highest BCUT2D eigenvalue weighted by molar-refractivity contribution is 14.1. The number of amides is 2. The molecule has 2 rings (SSSR count). The summed E-state index contributed by atoms with van der Waals surface area (Å²) in [5.41, 5.74) is 5.21. The van der Waals surface area contributed by atoms with Gasteiger partial charge in [0.2, 0.25) is 0 Å². The van der Waals surface area contributed by atoms with E-state index in [1.165, 1.54) is 7.05 Å². The van der Waals surface area contributed by atoms with Crippen LogP contribution in [0.1, 0.15) is 31.8 Å². The summed E-state index contributed by atoms with van der Waals surface area (Å²) in [7, 11) is 1.53. The molecule has 0 aromatic heterocycles. The van der Waals surface area contributed by atoms with E-state index in [1.807, 2.05) is 13.0 Å². The number of nitrogens with one attached hydrogen (secondary N) is 1. The number of hydrazine groups is 1. The highest BCUT2D eigenvalue weighted by Crippen LogP contribution is 2.22. The number of benzene rings is 2. The van der Waals surface area contributed by atoms with Crippen molar-refractivity contribution in [2.24, 2.45) is 0 Å². The van der Waals surface area contributed by atoms with E-state index in [4.69, 9.17) is 11.6 Å². The van der Waals surface area contributed by atoms with Crippen molar-refractivity contribution in [1.82, 2.24) is 10.4 Å². The van der Waals surface area contributed by atoms with Crippen LogP contribution in [0, 0.1) is 17.4 Å². The molecule has 0 radical (unpaired) electrons. The smallest absolute Gasteiger partial charge is 0.267 e. The van der Waals surface area contributed by atoms with Crippen molar-refractivity contribution in [3.8, 4) is 0 Å². The van der Waals surface area contributed by atoms with Crippen LogP contribution < -0.4 is 5.43 Å². The first-order valence-corrected chi connectivity index (χ1v) is 8.40. The molecule has 0 saturated carbocycles. The molecule has 0 unspecified atom stereocenters. The van der Waals surface area contributed by atoms with Gasteiger partial charge in [0.05, 0.1) is 10.6 Å². The van der Waals surface area contributed by atoms with Gasteiger partial charge in [-0.2, -0.15) is 0 Å². The lowest BCUT2D eigenvalue weighted by Gasteiger charge is -2.21. The summed E-state index contributed by atoms with van der Waals surface area (Å²) in [6.07, 6.45) is 0. The molecule has 0 aliphatic rings. The molecule has 1 N–H and O–H groups in total. The minimum atomic E-state index is -0.476. The first-order chi connectivity index (χ1) is 10.9. The molecular formula is C17H16ClIN2O2. The maximum atomic E-state index is 12.7. The summed E-state index contributed by atoms with van der Waals surface area (Å²) >= 11 is 8.30. The normalized spacial score (nSPS) is 10.5. The summed E-state index contributed by atoms with van der Waals surface area (Å²) in [6.45, 7) is 3.75. The number of rotatable bonds is 3. The van der Waals surface area contributed by atoms with Crippen LogP contribution in [0.25, 0.3) is 0 Å². The first kappa shape index (κ1) is 17.9. The predicted molar refractivity (Wildman–Crippen MR) is 99.6 cm³/mol. The van der Waals surface area contributed by atoms with Crippen molar-refractivity contribution in [3.05, 3.63) is 67.2 Å². The fraction of sp³-hybridized carbons (Fsp3) is 0.176. The van der Waals surface area contributed by atoms with Crippen LogP contribution >= 0.6 is 34.2 Å². The third-order valence-corrected chi connectivity index (χ3v) is 4.96. The number of nitrogens with zero attached hydrogens (tertiary/aromatic N) is 1. The van der Waals surface area contributed by atoms with Gasteiger partial charge < -0.3 is 0 Å². The molecule has 2 aromatic carbocycles. The van der Waals surface area contributed by atoms with E-state index >= 15 is 0 Å². The Balaban J connectivity index is 2.40. The molecule has 0 aliphatic heterocycles. The molecule has 2 amide bonds. The molecule has 2 aromatic rings. The Bertz CT molecular complexity index is 757. The van der Waals surface area contributed by atoms with Gasteiger partial charge in [-0.3, -0.25) is 9.59 Å². The second kappa shape index (κ2) is 7.42. The Morgan fingerprint density at radius 1 is 1.09 bits per heavy atom. The zero-order chi connectivity index (χ0) is 17.1. The maximum absolute atomic E-state index is 12.7. The molecule has 6 heteroatoms. The lowest BCUT2D eigenvalue weighted by molar-refractivity contribution is 0.0546. The average molecular weight is 443 g/mol. The van der Waals surface area contributed by atoms with Gasteiger partial charge >= 0.3 is 0 Å². The molecule has 0 aliphatic carbocycles. The van der Waals surface area contributed by atoms with Gasteiger partial charge in [0, 0.05) is 16.2 Å². The molecule has 0 spiro atoms. The Kier molecular flexibility index (Phi) is 5.78. The van der Waals surface area contributed by atoms with Crippen molar-refractivity contribution in [1.29, 1.82) is 0 Å². The number of carbonyl (C=O) groups is 2. The lowest BCUT2D eigenvalue weighted by Crippen LogP contribution is -2.45. The van der Waals surface area contributed by atoms with E-state index < -0.39 is 11.8 Å². The number of halogens is 2. The van der Waals surface area contributed by atoms with Crippen molar-refractivity contribution >= 4 is 46.0 Å². The Morgan fingerprint density at radius 2 is 1.78 bits per heavy atom. The summed E-state index contributed by atoms with van der Waals surface area (Å²) in [4.78, 5) is 25.4. The number of aryl methyl sites for hydroxylation is 2. The molecule has 0 atom stereocenters. The monoisotopic (exact) mass is 442 g/mol. The number of hydrogen-bond donors (Lipinski definition) is 1. The van der Waals surface area contributed by atoms with Crippen LogP contribution in [-0.2, 0) is 0 Å². The number of carbonyl (C=O) groups excluding carboxylic acids is 2. The summed E-state index contributed by atoms with van der Waals surface area (Å²) in [5, 5.41) is 1.30. The fourth-order valence-corrected chi connectivity index (χ4v) is 2.98. The van der Waals surface area contributed by atoms with Gasteiger partial charge in [-0.15, -0.1) is 0 Å². The SMILES string of the molecule is CNN(C(=O)c1ccc(C)c(I)c1)C(=O)c1c(C)cccc1Cl. The lowest BCUT2D eigenvalue weighted by atomic mass is 10.1. The molecule has 0 heterocycles. The first-order valence-electron chi connectivity index (χ1n) is 6.94. The molecule has 0 saturated heterocycles. The Labute approximate surface area is 153 Å². The Morgan fingerprint density at radius 3 is 2.35 bits per heavy atom. The third-order valence-electron chi connectivity index (χ3n) is 3.48. The number of imide groups is 1. The minimum absolute atomic E-state index is 0.318. The van der Waals surface area contributed by atoms with Crippen molar-refractivity contribution in [2.75, 3.05) is 7.05 Å². The van der Waals surface area contributed by atoms with E-state index in [9.17, 15) is 9.59 Å². The highest BCUT2D eigenvalue weighted by Gasteiger charge is 2.26. The van der Waals surface area contributed by atoms with Gasteiger partial charge in [0.25, 0.3) is 11.8 Å². The van der Waals surface area contributed by atoms with E-state index in [0.717, 1.165) is 14.1 Å². The zero-order valence-corrected chi connectivity index (χ0v) is 15.9. The van der Waals surface area contributed by atoms with Gasteiger partial charge in [-0.1, -0.05) is 29.8 Å². The molecule has 23 heavy (non-hydrogen) atoms. The number of hydrogen-bond acceptors (Lipinski definition) is 3. The van der Waals surface area contributed by atoms with E-state index in [1.54, 1.807) is 37.3 Å². The third kappa shape index (κ3) is 3.73. The van der Waals surface area contributed by atoms with Crippen molar-refractivity contribution < 1.29 is 9.59 Å². The van der Waals surface area contributed by atoms with Crippen LogP contribution in [-0.4, -0.2) is 23.9 Å². The summed E-state index contributed by atoms with van der Waals surface area (Å²) in [6, 6.07) is 10.5. The molecule has 0 fully saturated rings. The minimum Gasteiger partial charge on any atom is -0.267 e. The molecule has 120 valence electrons. The van der Waals surface area contributed by atoms with Crippen molar-refractivity contribution in [3.63, 3.8) is 0 Å². The second-order valence-corrected chi connectivity index (χ2v) is 6.63. The molecule has 4 nitrogen and oxygen atoms in total. The van der Waals surface area contributed by atoms with E-state index in [-0.39, 0.29) is 0 Å². The quantitative estimate of drug-likeness (QED) is 0.444. The van der Waals surface area contributed by atoms with Gasteiger partial charge in [-0.25, -0.2) is 10.4 Å². The predicted octanol–water partition coefficient (Wildman–Crippen LogP) is 3.98. The second-order valence-electron chi connectivity index (χ2n) is 5.07. The van der Waals surface area contributed by atoms with Crippen LogP contribution in [0.15, 0.2) is 36.4 Å². The van der Waals surface area contributed by atoms with Crippen LogP contribution in [0.3, 0.4) is 0 Å². The van der Waals surface area contributed by atoms with Gasteiger partial charge in [0.1, 0.15) is 0 Å². The van der Waals surface area contributed by atoms with Crippen LogP contribution in [0.4, 0.5) is 0 Å². The van der Waals surface area contributed by atoms with Gasteiger partial charge in [-0.05, 0) is 65.8 Å². The zero-order valence-electron chi connectivity index (χ0n) is 13.0. The summed E-state index contributed by atoms with van der Waals surface area (Å²) in [5.74, 6) is -0.897. The maximum Gasteiger partial charge on any atom is 0.277 e. The van der Waals surface area contributed by atoms with Crippen LogP contribution in [0.5, 0.6) is 0 Å². The highest BCUT2D eigenvalue weighted by atomic mass is 127. The Hall–Kier alpha value is -1.44. The topological polar surface area (TPSA) is 49.4 Å². The van der Waals surface area contributed by atoms with Gasteiger partial charge in [0.15, 0.2) is 0 Å². The van der Waals surface area contributed by atoms with Crippen molar-refractivity contribution in [2.45, 2.75) is 13.8 Å². The fourth-order valence-electron chi connectivity index (χ4n) is 2.16. The van der Waals surface area contributed by atoms with Crippen LogP contribution in [0.2, 0.25) is 5.02 Å². The summed E-state index contributed by atoms with van der Waals surface area (Å²) < 4.78 is 0.964. The standard InChI is InChI=1S/C17H16ClIN2O2/c1-10-7-8-12(9-14(10)19)16(22)21(20-3)17(23)15-11(2)5-4-6-13(15)18/h4-9,20H,1-3H3. The van der Waals surface area contributed by atoms with E-state index in [2.05, 4.69) is 28.0 Å². The average Bonchev–Trinajstić information content (AvgIpc) is 2.50. The van der Waals surface area contributed by atoms with E-state index in [0.29, 0.717) is 21.7 Å². The molecular weight excluding hydrogens is 427 g/mol.